The summed E-state index contributed by atoms with van der Waals surface area (Å²) in [5, 5.41) is 0.791. The summed E-state index contributed by atoms with van der Waals surface area (Å²) in [5.74, 6) is 0.307. The normalized spacial score (nSPS) is 10.7. The Kier molecular flexibility index (Phi) is 6.24. The van der Waals surface area contributed by atoms with E-state index in [0.29, 0.717) is 23.4 Å². The van der Waals surface area contributed by atoms with Crippen LogP contribution in [0, 0.1) is 0 Å². The van der Waals surface area contributed by atoms with Crippen LogP contribution in [0.15, 0.2) is 30.5 Å². The molecule has 0 spiro atoms. The van der Waals surface area contributed by atoms with Crippen molar-refractivity contribution in [2.24, 2.45) is 0 Å². The van der Waals surface area contributed by atoms with Crippen LogP contribution < -0.4 is 4.74 Å². The zero-order valence-electron chi connectivity index (χ0n) is 14.3. The molecule has 0 aromatic carbocycles. The lowest BCUT2D eigenvalue weighted by atomic mass is 10.2. The number of thiophene rings is 1. The number of nitrogens with zero attached hydrogens (tertiary/aromatic N) is 2. The molecule has 3 heterocycles. The molecule has 0 radical (unpaired) electrons. The molecule has 3 rings (SSSR count). The molecular weight excluding hydrogens is 392 g/mol. The van der Waals surface area contributed by atoms with Gasteiger partial charge >= 0.3 is 5.97 Å². The lowest BCUT2D eigenvalue weighted by Gasteiger charge is -2.01. The van der Waals surface area contributed by atoms with E-state index in [1.54, 1.807) is 13.1 Å². The van der Waals surface area contributed by atoms with Crippen LogP contribution in [-0.2, 0) is 16.0 Å². The molecule has 0 aliphatic heterocycles. The zero-order valence-corrected chi connectivity index (χ0v) is 16.7. The number of hydrogen-bond donors (Lipinski definition) is 0. The van der Waals surface area contributed by atoms with Gasteiger partial charge in [0.1, 0.15) is 5.01 Å². The first-order valence-electron chi connectivity index (χ1n) is 8.11. The Morgan fingerprint density at radius 1 is 1.15 bits per heavy atom. The van der Waals surface area contributed by atoms with Gasteiger partial charge in [-0.25, -0.2) is 9.97 Å². The van der Waals surface area contributed by atoms with Gasteiger partial charge in [-0.15, -0.1) is 22.7 Å². The highest BCUT2D eigenvalue weighted by molar-refractivity contribution is 7.20. The van der Waals surface area contributed by atoms with E-state index in [-0.39, 0.29) is 12.4 Å². The van der Waals surface area contributed by atoms with E-state index in [1.807, 2.05) is 31.2 Å². The maximum absolute atomic E-state index is 12.0. The minimum absolute atomic E-state index is 0.181. The van der Waals surface area contributed by atoms with Crippen molar-refractivity contribution in [3.63, 3.8) is 0 Å². The first-order valence-corrected chi connectivity index (χ1v) is 10.1. The fraction of sp³-hybridized carbons (Fsp3) is 0.278. The van der Waals surface area contributed by atoms with Gasteiger partial charge < -0.3 is 9.47 Å². The quantitative estimate of drug-likeness (QED) is 0.509. The van der Waals surface area contributed by atoms with Crippen molar-refractivity contribution in [3.05, 3.63) is 39.7 Å². The molecule has 26 heavy (non-hydrogen) atoms. The molecule has 0 unspecified atom stereocenters. The molecule has 8 heteroatoms. The second-order valence-electron chi connectivity index (χ2n) is 5.19. The predicted octanol–water partition coefficient (Wildman–Crippen LogP) is 5.09. The van der Waals surface area contributed by atoms with Gasteiger partial charge in [-0.05, 0) is 32.0 Å². The molecule has 0 aliphatic carbocycles. The number of rotatable bonds is 7. The van der Waals surface area contributed by atoms with Crippen molar-refractivity contribution >= 4 is 40.2 Å². The van der Waals surface area contributed by atoms with Gasteiger partial charge in [-0.2, -0.15) is 0 Å². The Morgan fingerprint density at radius 2 is 2.00 bits per heavy atom. The lowest BCUT2D eigenvalue weighted by Crippen LogP contribution is -2.06. The third-order valence-corrected chi connectivity index (χ3v) is 5.73. The zero-order chi connectivity index (χ0) is 18.5. The Morgan fingerprint density at radius 3 is 2.62 bits per heavy atom. The first kappa shape index (κ1) is 18.8. The van der Waals surface area contributed by atoms with Gasteiger partial charge in [-0.3, -0.25) is 4.79 Å². The molecule has 0 bridgehead atoms. The number of hydrogen-bond acceptors (Lipinski definition) is 7. The van der Waals surface area contributed by atoms with Crippen LogP contribution in [0.25, 0.3) is 21.1 Å². The fourth-order valence-corrected chi connectivity index (χ4v) is 4.49. The van der Waals surface area contributed by atoms with E-state index in [1.165, 1.54) is 22.7 Å². The highest BCUT2D eigenvalue weighted by Crippen LogP contribution is 2.38. The molecule has 0 atom stereocenters. The molecule has 0 saturated carbocycles. The largest absolute Gasteiger partial charge is 0.478 e. The SMILES string of the molecule is CCOC(=O)Cc1sc(-c2ccc(OCC)nc2)nc1-c1ccc(Cl)s1. The van der Waals surface area contributed by atoms with Gasteiger partial charge in [0.15, 0.2) is 0 Å². The average molecular weight is 409 g/mol. The summed E-state index contributed by atoms with van der Waals surface area (Å²) in [6.45, 7) is 4.63. The second kappa shape index (κ2) is 8.62. The Labute approximate surface area is 164 Å². The standard InChI is InChI=1S/C18H17ClN2O3S2/c1-3-23-15-8-5-11(10-20-15)18-21-17(12-6-7-14(19)25-12)13(26-18)9-16(22)24-4-2/h5-8,10H,3-4,9H2,1-2H3. The molecular formula is C18H17ClN2O3S2. The molecule has 0 fully saturated rings. The van der Waals surface area contributed by atoms with Gasteiger partial charge in [0.05, 0.1) is 34.5 Å². The molecule has 3 aromatic heterocycles. The summed E-state index contributed by atoms with van der Waals surface area (Å²) < 4.78 is 11.1. The van der Waals surface area contributed by atoms with Crippen LogP contribution in [0.2, 0.25) is 4.34 Å². The van der Waals surface area contributed by atoms with E-state index in [9.17, 15) is 4.79 Å². The molecule has 3 aromatic rings. The number of pyridine rings is 1. The summed E-state index contributed by atoms with van der Waals surface area (Å²) >= 11 is 8.96. The number of aromatic nitrogens is 2. The van der Waals surface area contributed by atoms with Gasteiger partial charge in [0.25, 0.3) is 0 Å². The third-order valence-electron chi connectivity index (χ3n) is 3.39. The van der Waals surface area contributed by atoms with Gasteiger partial charge in [-0.1, -0.05) is 11.6 Å². The number of thiazole rings is 1. The number of esters is 1. The van der Waals surface area contributed by atoms with E-state index in [2.05, 4.69) is 4.98 Å². The van der Waals surface area contributed by atoms with Gasteiger partial charge in [0.2, 0.25) is 5.88 Å². The summed E-state index contributed by atoms with van der Waals surface area (Å²) in [5.41, 5.74) is 1.64. The van der Waals surface area contributed by atoms with Crippen LogP contribution in [0.4, 0.5) is 0 Å². The Balaban J connectivity index is 1.96. The summed E-state index contributed by atoms with van der Waals surface area (Å²) in [6, 6.07) is 7.47. The van der Waals surface area contributed by atoms with Crippen LogP contribution in [0.1, 0.15) is 18.7 Å². The monoisotopic (exact) mass is 408 g/mol. The van der Waals surface area contributed by atoms with Crippen LogP contribution in [0.5, 0.6) is 5.88 Å². The fourth-order valence-electron chi connectivity index (χ4n) is 2.31. The third kappa shape index (κ3) is 4.41. The number of halogens is 1. The second-order valence-corrected chi connectivity index (χ2v) is 7.99. The lowest BCUT2D eigenvalue weighted by molar-refractivity contribution is -0.142. The van der Waals surface area contributed by atoms with Crippen molar-refractivity contribution in [1.82, 2.24) is 9.97 Å². The molecule has 0 amide bonds. The summed E-state index contributed by atoms with van der Waals surface area (Å²) in [6.07, 6.45) is 1.91. The highest BCUT2D eigenvalue weighted by atomic mass is 35.5. The molecule has 0 N–H and O–H groups in total. The topological polar surface area (TPSA) is 61.3 Å². The summed E-state index contributed by atoms with van der Waals surface area (Å²) in [7, 11) is 0. The average Bonchev–Trinajstić information content (AvgIpc) is 3.22. The van der Waals surface area contributed by atoms with E-state index in [4.69, 9.17) is 26.1 Å². The maximum atomic E-state index is 12.0. The van der Waals surface area contributed by atoms with Crippen molar-refractivity contribution in [3.8, 4) is 27.0 Å². The van der Waals surface area contributed by atoms with Crippen LogP contribution in [-0.4, -0.2) is 29.2 Å². The smallest absolute Gasteiger partial charge is 0.311 e. The van der Waals surface area contributed by atoms with Gasteiger partial charge in [0, 0.05) is 22.7 Å². The molecule has 5 nitrogen and oxygen atoms in total. The molecule has 0 saturated heterocycles. The van der Waals surface area contributed by atoms with E-state index in [0.717, 1.165) is 26.0 Å². The minimum atomic E-state index is -0.267. The predicted molar refractivity (Wildman–Crippen MR) is 105 cm³/mol. The van der Waals surface area contributed by atoms with E-state index >= 15 is 0 Å². The number of carbonyl (C=O) groups is 1. The van der Waals surface area contributed by atoms with E-state index < -0.39 is 0 Å². The van der Waals surface area contributed by atoms with Crippen LogP contribution in [0.3, 0.4) is 0 Å². The molecule has 136 valence electrons. The van der Waals surface area contributed by atoms with Crippen molar-refractivity contribution < 1.29 is 14.3 Å². The first-order chi connectivity index (χ1) is 12.6. The summed E-state index contributed by atoms with van der Waals surface area (Å²) in [4.78, 5) is 22.8. The maximum Gasteiger partial charge on any atom is 0.311 e. The number of ether oxygens (including phenoxy) is 2. The van der Waals surface area contributed by atoms with Crippen molar-refractivity contribution in [2.75, 3.05) is 13.2 Å². The Hall–Kier alpha value is -1.96. The highest BCUT2D eigenvalue weighted by Gasteiger charge is 2.19. The minimum Gasteiger partial charge on any atom is -0.478 e. The van der Waals surface area contributed by atoms with Crippen molar-refractivity contribution in [2.45, 2.75) is 20.3 Å². The number of carbonyl (C=O) groups excluding carboxylic acids is 1. The Bertz CT molecular complexity index is 890. The van der Waals surface area contributed by atoms with Crippen LogP contribution >= 0.6 is 34.3 Å². The molecule has 0 aliphatic rings. The van der Waals surface area contributed by atoms with Crippen molar-refractivity contribution in [1.29, 1.82) is 0 Å².